The highest BCUT2D eigenvalue weighted by Crippen LogP contribution is 2.10. The van der Waals surface area contributed by atoms with Gasteiger partial charge in [0.25, 0.3) is 0 Å². The number of Topliss-reactive ketones (excluding diaryl/α,β-unsaturated/α-hetero) is 1. The molecule has 23 heavy (non-hydrogen) atoms. The van der Waals surface area contributed by atoms with E-state index in [1.54, 1.807) is 20.8 Å². The molecule has 0 aliphatic rings. The van der Waals surface area contributed by atoms with Crippen molar-refractivity contribution in [1.82, 2.24) is 5.32 Å². The van der Waals surface area contributed by atoms with E-state index >= 15 is 0 Å². The number of rotatable bonds is 6. The Balaban J connectivity index is 2.81. The number of hydrogen-bond acceptors (Lipinski definition) is 5. The maximum absolute atomic E-state index is 12.2. The van der Waals surface area contributed by atoms with Crippen LogP contribution in [0.1, 0.15) is 32.8 Å². The maximum Gasteiger partial charge on any atom is 0.408 e. The van der Waals surface area contributed by atoms with Crippen LogP contribution in [0, 0.1) is 0 Å². The van der Waals surface area contributed by atoms with Crippen LogP contribution in [-0.2, 0) is 25.5 Å². The summed E-state index contributed by atoms with van der Waals surface area (Å²) in [5.41, 5.74) is 0.194. The van der Waals surface area contributed by atoms with E-state index < -0.39 is 35.9 Å². The molecule has 0 radical (unpaired) electrons. The van der Waals surface area contributed by atoms with Gasteiger partial charge in [-0.1, -0.05) is 30.3 Å². The van der Waals surface area contributed by atoms with Gasteiger partial charge < -0.3 is 14.8 Å². The Morgan fingerprint density at radius 3 is 2.26 bits per heavy atom. The van der Waals surface area contributed by atoms with Crippen LogP contribution in [-0.4, -0.2) is 36.6 Å². The van der Waals surface area contributed by atoms with Gasteiger partial charge in [-0.3, -0.25) is 9.59 Å². The molecular weight excluding hydrogens is 298 g/mol. The Hall–Kier alpha value is -2.37. The zero-order valence-electron chi connectivity index (χ0n) is 13.9. The smallest absolute Gasteiger partial charge is 0.408 e. The topological polar surface area (TPSA) is 81.7 Å². The van der Waals surface area contributed by atoms with Crippen LogP contribution in [0.4, 0.5) is 4.79 Å². The Labute approximate surface area is 136 Å². The number of carbonyl (C=O) groups excluding carboxylic acids is 3. The minimum absolute atomic E-state index is 0.274. The number of nitrogens with one attached hydrogen (secondary N) is 1. The van der Waals surface area contributed by atoms with Gasteiger partial charge in [-0.05, 0) is 32.8 Å². The first-order chi connectivity index (χ1) is 10.7. The Kier molecular flexibility index (Phi) is 6.75. The molecule has 0 bridgehead atoms. The number of methoxy groups -OCH3 is 1. The lowest BCUT2D eigenvalue weighted by molar-refractivity contribution is -0.143. The Morgan fingerprint density at radius 1 is 1.13 bits per heavy atom. The van der Waals surface area contributed by atoms with Gasteiger partial charge in [0.1, 0.15) is 12.0 Å². The fourth-order valence-electron chi connectivity index (χ4n) is 1.88. The molecule has 0 aromatic heterocycles. The van der Waals surface area contributed by atoms with Crippen LogP contribution >= 0.6 is 0 Å². The van der Waals surface area contributed by atoms with Crippen molar-refractivity contribution < 1.29 is 23.9 Å². The van der Waals surface area contributed by atoms with Crippen molar-refractivity contribution in [3.63, 3.8) is 0 Å². The van der Waals surface area contributed by atoms with Crippen molar-refractivity contribution in [1.29, 1.82) is 0 Å². The summed E-state index contributed by atoms with van der Waals surface area (Å²) in [6, 6.07) is 8.36. The average molecular weight is 321 g/mol. The molecular formula is C17H23NO5. The lowest BCUT2D eigenvalue weighted by Crippen LogP contribution is -2.45. The molecule has 0 unspecified atom stereocenters. The first-order valence-electron chi connectivity index (χ1n) is 7.34. The standard InChI is InChI=1S/C17H23NO5/c1-17(2,3)23-16(21)18-13(14(19)11-15(20)22-4)10-12-8-6-5-7-9-12/h5-9,13H,10-11H2,1-4H3,(H,18,21)/t13-/m0/s1. The minimum atomic E-state index is -0.855. The summed E-state index contributed by atoms with van der Waals surface area (Å²) < 4.78 is 9.67. The molecule has 6 nitrogen and oxygen atoms in total. The second kappa shape index (κ2) is 8.31. The molecule has 1 amide bonds. The number of hydrogen-bond donors (Lipinski definition) is 1. The van der Waals surface area contributed by atoms with Gasteiger partial charge in [-0.25, -0.2) is 4.79 Å². The van der Waals surface area contributed by atoms with E-state index in [9.17, 15) is 14.4 Å². The molecule has 6 heteroatoms. The van der Waals surface area contributed by atoms with Crippen LogP contribution < -0.4 is 5.32 Å². The molecule has 1 atom stereocenters. The third kappa shape index (κ3) is 7.44. The van der Waals surface area contributed by atoms with E-state index in [0.29, 0.717) is 0 Å². The fourth-order valence-corrected chi connectivity index (χ4v) is 1.88. The molecule has 0 spiro atoms. The summed E-state index contributed by atoms with van der Waals surface area (Å²) in [6.45, 7) is 5.19. The summed E-state index contributed by atoms with van der Waals surface area (Å²) in [4.78, 5) is 35.5. The predicted molar refractivity (Wildman–Crippen MR) is 84.9 cm³/mol. The number of alkyl carbamates (subject to hydrolysis) is 1. The van der Waals surface area contributed by atoms with E-state index in [4.69, 9.17) is 4.74 Å². The molecule has 126 valence electrons. The highest BCUT2D eigenvalue weighted by atomic mass is 16.6. The van der Waals surface area contributed by atoms with Crippen molar-refractivity contribution >= 4 is 17.8 Å². The summed E-state index contributed by atoms with van der Waals surface area (Å²) in [5, 5.41) is 2.53. The van der Waals surface area contributed by atoms with Crippen LogP contribution in [0.25, 0.3) is 0 Å². The van der Waals surface area contributed by atoms with Crippen molar-refractivity contribution in [2.24, 2.45) is 0 Å². The fraction of sp³-hybridized carbons (Fsp3) is 0.471. The lowest BCUT2D eigenvalue weighted by atomic mass is 10.0. The van der Waals surface area contributed by atoms with Crippen LogP contribution in [0.5, 0.6) is 0 Å². The summed E-state index contributed by atoms with van der Waals surface area (Å²) >= 11 is 0. The monoisotopic (exact) mass is 321 g/mol. The van der Waals surface area contributed by atoms with Crippen LogP contribution in [0.2, 0.25) is 0 Å². The van der Waals surface area contributed by atoms with E-state index in [1.165, 1.54) is 7.11 Å². The third-order valence-corrected chi connectivity index (χ3v) is 2.91. The quantitative estimate of drug-likeness (QED) is 0.642. The second-order valence-corrected chi connectivity index (χ2v) is 6.11. The van der Waals surface area contributed by atoms with Gasteiger partial charge in [-0.15, -0.1) is 0 Å². The SMILES string of the molecule is COC(=O)CC(=O)[C@H](Cc1ccccc1)NC(=O)OC(C)(C)C. The number of carbonyl (C=O) groups is 3. The average Bonchev–Trinajstić information content (AvgIpc) is 2.45. The highest BCUT2D eigenvalue weighted by molar-refractivity contribution is 5.99. The normalized spacial score (nSPS) is 12.2. The largest absolute Gasteiger partial charge is 0.469 e. The van der Waals surface area contributed by atoms with Crippen LogP contribution in [0.15, 0.2) is 30.3 Å². The summed E-state index contributed by atoms with van der Waals surface area (Å²) in [6.07, 6.45) is -0.823. The van der Waals surface area contributed by atoms with Crippen molar-refractivity contribution in [3.05, 3.63) is 35.9 Å². The van der Waals surface area contributed by atoms with Gasteiger partial charge >= 0.3 is 12.1 Å². The van der Waals surface area contributed by atoms with E-state index in [-0.39, 0.29) is 6.42 Å². The van der Waals surface area contributed by atoms with E-state index in [2.05, 4.69) is 10.1 Å². The molecule has 1 aromatic rings. The van der Waals surface area contributed by atoms with E-state index in [0.717, 1.165) is 5.56 Å². The lowest BCUT2D eigenvalue weighted by Gasteiger charge is -2.23. The number of esters is 1. The molecule has 1 rings (SSSR count). The third-order valence-electron chi connectivity index (χ3n) is 2.91. The zero-order chi connectivity index (χ0) is 17.5. The highest BCUT2D eigenvalue weighted by Gasteiger charge is 2.26. The first kappa shape index (κ1) is 18.7. The zero-order valence-corrected chi connectivity index (χ0v) is 13.9. The number of ketones is 1. The molecule has 0 saturated carbocycles. The van der Waals surface area contributed by atoms with Crippen LogP contribution in [0.3, 0.4) is 0 Å². The molecule has 0 saturated heterocycles. The molecule has 0 aliphatic carbocycles. The second-order valence-electron chi connectivity index (χ2n) is 6.11. The number of benzene rings is 1. The first-order valence-corrected chi connectivity index (χ1v) is 7.34. The van der Waals surface area contributed by atoms with Gasteiger partial charge in [-0.2, -0.15) is 0 Å². The maximum atomic E-state index is 12.2. The van der Waals surface area contributed by atoms with Gasteiger partial charge in [0.05, 0.1) is 13.2 Å². The Bertz CT molecular complexity index is 548. The molecule has 0 aliphatic heterocycles. The number of ether oxygens (including phenoxy) is 2. The molecule has 1 N–H and O–H groups in total. The van der Waals surface area contributed by atoms with Crippen molar-refractivity contribution in [3.8, 4) is 0 Å². The summed E-state index contributed by atoms with van der Waals surface area (Å²) in [7, 11) is 1.21. The van der Waals surface area contributed by atoms with Crippen molar-refractivity contribution in [2.45, 2.75) is 45.3 Å². The predicted octanol–water partition coefficient (Wildman–Crippen LogP) is 2.25. The Morgan fingerprint density at radius 2 is 1.74 bits per heavy atom. The van der Waals surface area contributed by atoms with Gasteiger partial charge in [0.15, 0.2) is 5.78 Å². The van der Waals surface area contributed by atoms with Gasteiger partial charge in [0, 0.05) is 0 Å². The van der Waals surface area contributed by atoms with Crippen molar-refractivity contribution in [2.75, 3.05) is 7.11 Å². The molecule has 0 fully saturated rings. The molecule has 0 heterocycles. The van der Waals surface area contributed by atoms with E-state index in [1.807, 2.05) is 30.3 Å². The minimum Gasteiger partial charge on any atom is -0.469 e. The summed E-state index contributed by atoms with van der Waals surface area (Å²) in [5.74, 6) is -1.06. The van der Waals surface area contributed by atoms with Gasteiger partial charge in [0.2, 0.25) is 0 Å². The molecule has 1 aromatic carbocycles. The number of amides is 1.